The van der Waals surface area contributed by atoms with Crippen molar-refractivity contribution >= 4 is 5.82 Å². The van der Waals surface area contributed by atoms with E-state index in [1.54, 1.807) is 0 Å². The predicted molar refractivity (Wildman–Crippen MR) is 99.9 cm³/mol. The highest BCUT2D eigenvalue weighted by Crippen LogP contribution is 2.35. The SMILES string of the molecule is Cc1cccc(-n2nc(-c3ccccc3C)c3c2NCCCC3)c1. The Bertz CT molecular complexity index is 877. The minimum atomic E-state index is 1.01. The fourth-order valence-corrected chi connectivity index (χ4v) is 3.50. The van der Waals surface area contributed by atoms with Crippen LogP contribution in [0.3, 0.4) is 0 Å². The van der Waals surface area contributed by atoms with Gasteiger partial charge >= 0.3 is 0 Å². The van der Waals surface area contributed by atoms with Crippen LogP contribution >= 0.6 is 0 Å². The quantitative estimate of drug-likeness (QED) is 0.728. The van der Waals surface area contributed by atoms with Crippen molar-refractivity contribution in [1.82, 2.24) is 9.78 Å². The fraction of sp³-hybridized carbons (Fsp3) is 0.286. The molecule has 2 heterocycles. The molecule has 1 aromatic heterocycles. The third-order valence-electron chi connectivity index (χ3n) is 4.78. The molecule has 0 atom stereocenters. The Kier molecular flexibility index (Phi) is 3.85. The minimum Gasteiger partial charge on any atom is -0.370 e. The molecule has 3 nitrogen and oxygen atoms in total. The van der Waals surface area contributed by atoms with Crippen LogP contribution in [0.5, 0.6) is 0 Å². The number of nitrogens with one attached hydrogen (secondary N) is 1. The third-order valence-corrected chi connectivity index (χ3v) is 4.78. The first-order valence-electron chi connectivity index (χ1n) is 8.73. The zero-order valence-electron chi connectivity index (χ0n) is 14.3. The van der Waals surface area contributed by atoms with Gasteiger partial charge in [0, 0.05) is 17.7 Å². The highest BCUT2D eigenvalue weighted by Gasteiger charge is 2.22. The van der Waals surface area contributed by atoms with Crippen LogP contribution in [0.15, 0.2) is 48.5 Å². The zero-order chi connectivity index (χ0) is 16.5. The molecule has 4 rings (SSSR count). The molecule has 0 aliphatic carbocycles. The molecule has 0 unspecified atom stereocenters. The maximum Gasteiger partial charge on any atom is 0.133 e. The first-order valence-corrected chi connectivity index (χ1v) is 8.73. The van der Waals surface area contributed by atoms with Gasteiger partial charge in [0.15, 0.2) is 0 Å². The van der Waals surface area contributed by atoms with Gasteiger partial charge in [-0.15, -0.1) is 0 Å². The summed E-state index contributed by atoms with van der Waals surface area (Å²) < 4.78 is 2.09. The number of anilines is 1. The molecule has 0 bridgehead atoms. The Morgan fingerprint density at radius 1 is 1.00 bits per heavy atom. The molecule has 0 saturated heterocycles. The van der Waals surface area contributed by atoms with Crippen molar-refractivity contribution in [2.75, 3.05) is 11.9 Å². The monoisotopic (exact) mass is 317 g/mol. The lowest BCUT2D eigenvalue weighted by molar-refractivity contribution is 0.780. The van der Waals surface area contributed by atoms with Crippen LogP contribution in [0.25, 0.3) is 16.9 Å². The second-order valence-electron chi connectivity index (χ2n) is 6.63. The summed E-state index contributed by atoms with van der Waals surface area (Å²) in [7, 11) is 0. The highest BCUT2D eigenvalue weighted by molar-refractivity contribution is 5.73. The van der Waals surface area contributed by atoms with Crippen molar-refractivity contribution < 1.29 is 0 Å². The topological polar surface area (TPSA) is 29.9 Å². The van der Waals surface area contributed by atoms with Crippen LogP contribution < -0.4 is 5.32 Å². The van der Waals surface area contributed by atoms with Gasteiger partial charge < -0.3 is 5.32 Å². The first-order chi connectivity index (χ1) is 11.7. The Morgan fingerprint density at radius 3 is 2.71 bits per heavy atom. The Balaban J connectivity index is 1.94. The summed E-state index contributed by atoms with van der Waals surface area (Å²) in [6.45, 7) is 5.30. The van der Waals surface area contributed by atoms with E-state index in [4.69, 9.17) is 5.10 Å². The molecule has 1 N–H and O–H groups in total. The summed E-state index contributed by atoms with van der Waals surface area (Å²) in [5, 5.41) is 8.65. The largest absolute Gasteiger partial charge is 0.370 e. The van der Waals surface area contributed by atoms with E-state index in [1.807, 2.05) is 0 Å². The molecule has 2 aromatic carbocycles. The van der Waals surface area contributed by atoms with Gasteiger partial charge in [-0.3, -0.25) is 0 Å². The molecule has 24 heavy (non-hydrogen) atoms. The van der Waals surface area contributed by atoms with Crippen LogP contribution in [-0.2, 0) is 6.42 Å². The van der Waals surface area contributed by atoms with Crippen LogP contribution in [-0.4, -0.2) is 16.3 Å². The standard InChI is InChI=1S/C21H23N3/c1-15-8-7-10-17(14-15)24-21-19(12-5-6-13-22-21)20(23-24)18-11-4-3-9-16(18)2/h3-4,7-11,14,22H,5-6,12-13H2,1-2H3. The summed E-state index contributed by atoms with van der Waals surface area (Å²) in [5.41, 5.74) is 7.37. The van der Waals surface area contributed by atoms with Crippen molar-refractivity contribution in [2.45, 2.75) is 33.1 Å². The Morgan fingerprint density at radius 2 is 1.88 bits per heavy atom. The van der Waals surface area contributed by atoms with Gasteiger partial charge in [0.25, 0.3) is 0 Å². The molecular formula is C21H23N3. The summed E-state index contributed by atoms with van der Waals surface area (Å²) in [4.78, 5) is 0. The van der Waals surface area contributed by atoms with Crippen molar-refractivity contribution in [1.29, 1.82) is 0 Å². The Labute approximate surface area is 143 Å². The summed E-state index contributed by atoms with van der Waals surface area (Å²) in [5.74, 6) is 1.16. The van der Waals surface area contributed by atoms with Crippen molar-refractivity contribution in [3.63, 3.8) is 0 Å². The second-order valence-corrected chi connectivity index (χ2v) is 6.63. The lowest BCUT2D eigenvalue weighted by Gasteiger charge is -2.09. The second kappa shape index (κ2) is 6.16. The molecule has 0 fully saturated rings. The molecule has 1 aliphatic heterocycles. The fourth-order valence-electron chi connectivity index (χ4n) is 3.50. The van der Waals surface area contributed by atoms with Gasteiger partial charge in [-0.25, -0.2) is 4.68 Å². The van der Waals surface area contributed by atoms with Crippen LogP contribution in [0.2, 0.25) is 0 Å². The lowest BCUT2D eigenvalue weighted by atomic mass is 10.00. The van der Waals surface area contributed by atoms with E-state index in [0.717, 1.165) is 30.2 Å². The molecule has 3 heteroatoms. The third kappa shape index (κ3) is 2.60. The van der Waals surface area contributed by atoms with E-state index in [2.05, 4.69) is 72.4 Å². The van der Waals surface area contributed by atoms with E-state index in [-0.39, 0.29) is 0 Å². The number of hydrogen-bond donors (Lipinski definition) is 1. The van der Waals surface area contributed by atoms with Gasteiger partial charge in [-0.1, -0.05) is 36.4 Å². The number of aromatic nitrogens is 2. The zero-order valence-corrected chi connectivity index (χ0v) is 14.3. The Hall–Kier alpha value is -2.55. The van der Waals surface area contributed by atoms with Gasteiger partial charge in [-0.2, -0.15) is 5.10 Å². The van der Waals surface area contributed by atoms with E-state index >= 15 is 0 Å². The molecule has 0 radical (unpaired) electrons. The summed E-state index contributed by atoms with van der Waals surface area (Å²) in [6, 6.07) is 17.1. The summed E-state index contributed by atoms with van der Waals surface area (Å²) >= 11 is 0. The predicted octanol–water partition coefficient (Wildman–Crippen LogP) is 4.90. The number of rotatable bonds is 2. The van der Waals surface area contributed by atoms with Crippen LogP contribution in [0.1, 0.15) is 29.5 Å². The average molecular weight is 317 g/mol. The number of hydrogen-bond acceptors (Lipinski definition) is 2. The molecule has 0 amide bonds. The van der Waals surface area contributed by atoms with E-state index in [9.17, 15) is 0 Å². The lowest BCUT2D eigenvalue weighted by Crippen LogP contribution is -2.07. The minimum absolute atomic E-state index is 1.01. The molecular weight excluding hydrogens is 294 g/mol. The van der Waals surface area contributed by atoms with Gasteiger partial charge in [0.05, 0.1) is 11.4 Å². The maximum absolute atomic E-state index is 5.03. The normalized spacial score (nSPS) is 13.9. The smallest absolute Gasteiger partial charge is 0.133 e. The van der Waals surface area contributed by atoms with E-state index < -0.39 is 0 Å². The number of benzene rings is 2. The van der Waals surface area contributed by atoms with Crippen LogP contribution in [0, 0.1) is 13.8 Å². The van der Waals surface area contributed by atoms with Gasteiger partial charge in [0.1, 0.15) is 5.82 Å². The van der Waals surface area contributed by atoms with E-state index in [1.165, 1.54) is 35.1 Å². The van der Waals surface area contributed by atoms with Gasteiger partial charge in [0.2, 0.25) is 0 Å². The van der Waals surface area contributed by atoms with Gasteiger partial charge in [-0.05, 0) is 56.4 Å². The average Bonchev–Trinajstić information content (AvgIpc) is 2.77. The summed E-state index contributed by atoms with van der Waals surface area (Å²) in [6.07, 6.45) is 3.49. The number of nitrogens with zero attached hydrogens (tertiary/aromatic N) is 2. The molecule has 3 aromatic rings. The highest BCUT2D eigenvalue weighted by atomic mass is 15.3. The molecule has 0 spiro atoms. The molecule has 122 valence electrons. The number of aryl methyl sites for hydroxylation is 2. The van der Waals surface area contributed by atoms with E-state index in [0.29, 0.717) is 0 Å². The molecule has 0 saturated carbocycles. The van der Waals surface area contributed by atoms with Crippen LogP contribution in [0.4, 0.5) is 5.82 Å². The molecule has 1 aliphatic rings. The maximum atomic E-state index is 5.03. The number of fused-ring (bicyclic) bond motifs is 1. The first kappa shape index (κ1) is 15.0. The van der Waals surface area contributed by atoms with Crippen molar-refractivity contribution in [3.05, 3.63) is 65.2 Å². The van der Waals surface area contributed by atoms with Crippen molar-refractivity contribution in [3.8, 4) is 16.9 Å². The van der Waals surface area contributed by atoms with Crippen molar-refractivity contribution in [2.24, 2.45) is 0 Å².